The summed E-state index contributed by atoms with van der Waals surface area (Å²) in [4.78, 5) is 12.2. The Labute approximate surface area is 109 Å². The maximum atomic E-state index is 12.2. The number of rotatable bonds is 3. The van der Waals surface area contributed by atoms with Crippen molar-refractivity contribution in [1.29, 1.82) is 0 Å². The van der Waals surface area contributed by atoms with Crippen LogP contribution >= 0.6 is 0 Å². The first-order valence-electron chi connectivity index (χ1n) is 6.19. The molecule has 18 heavy (non-hydrogen) atoms. The first-order chi connectivity index (χ1) is 8.47. The van der Waals surface area contributed by atoms with Gasteiger partial charge in [-0.05, 0) is 16.8 Å². The monoisotopic (exact) mass is 254 g/mol. The molecule has 0 spiro atoms. The number of hydrogen-bond donors (Lipinski definition) is 0. The van der Waals surface area contributed by atoms with E-state index in [2.05, 4.69) is 25.3 Å². The van der Waals surface area contributed by atoms with E-state index in [4.69, 9.17) is 0 Å². The molecule has 2 aromatic rings. The predicted octanol–water partition coefficient (Wildman–Crippen LogP) is 4.46. The lowest BCUT2D eigenvalue weighted by molar-refractivity contribution is 0.104. The Morgan fingerprint density at radius 3 is 2.39 bits per heavy atom. The number of ketones is 1. The molecule has 0 heterocycles. The smallest absolute Gasteiger partial charge is 0.185 e. The number of fused-ring (bicyclic) bond motifs is 1. The van der Waals surface area contributed by atoms with Crippen molar-refractivity contribution >= 4 is 24.6 Å². The van der Waals surface area contributed by atoms with Crippen molar-refractivity contribution in [3.63, 3.8) is 0 Å². The van der Waals surface area contributed by atoms with Crippen LogP contribution in [0.5, 0.6) is 0 Å². The van der Waals surface area contributed by atoms with Gasteiger partial charge in [-0.2, -0.15) is 0 Å². The second kappa shape index (κ2) is 4.90. The fraction of sp³-hybridized carbons (Fsp3) is 0.188. The normalized spacial score (nSPS) is 12.2. The van der Waals surface area contributed by atoms with Gasteiger partial charge in [0.25, 0.3) is 0 Å². The standard InChI is InChI=1S/C16H18OSi/c1-18(2,3)12-11-16(17)15-10-6-8-13-7-4-5-9-14(13)15/h4-12H,1-3H3. The molecule has 0 unspecified atom stereocenters. The van der Waals surface area contributed by atoms with Crippen LogP contribution in [0, 0.1) is 0 Å². The molecule has 2 heteroatoms. The average molecular weight is 254 g/mol. The highest BCUT2D eigenvalue weighted by Gasteiger charge is 2.10. The van der Waals surface area contributed by atoms with Gasteiger partial charge in [0.15, 0.2) is 5.78 Å². The third-order valence-corrected chi connectivity index (χ3v) is 3.96. The van der Waals surface area contributed by atoms with Crippen LogP contribution < -0.4 is 0 Å². The summed E-state index contributed by atoms with van der Waals surface area (Å²) in [6.07, 6.45) is 1.74. The lowest BCUT2D eigenvalue weighted by Crippen LogP contribution is -2.16. The largest absolute Gasteiger partial charge is 0.289 e. The molecule has 0 bridgehead atoms. The first kappa shape index (κ1) is 12.8. The highest BCUT2D eigenvalue weighted by atomic mass is 28.3. The number of benzene rings is 2. The van der Waals surface area contributed by atoms with Gasteiger partial charge in [0.2, 0.25) is 0 Å². The van der Waals surface area contributed by atoms with Gasteiger partial charge >= 0.3 is 0 Å². The Morgan fingerprint density at radius 1 is 1.00 bits per heavy atom. The van der Waals surface area contributed by atoms with Gasteiger partial charge < -0.3 is 0 Å². The van der Waals surface area contributed by atoms with Crippen molar-refractivity contribution in [1.82, 2.24) is 0 Å². The van der Waals surface area contributed by atoms with Crippen LogP contribution in [0.3, 0.4) is 0 Å². The molecule has 2 aromatic carbocycles. The topological polar surface area (TPSA) is 17.1 Å². The SMILES string of the molecule is C[Si](C)(C)C=CC(=O)c1cccc2ccccc12. The van der Waals surface area contributed by atoms with E-state index in [0.717, 1.165) is 16.3 Å². The van der Waals surface area contributed by atoms with Crippen molar-refractivity contribution in [2.75, 3.05) is 0 Å². The molecule has 0 atom stereocenters. The molecular formula is C16H18OSi. The summed E-state index contributed by atoms with van der Waals surface area (Å²) < 4.78 is 0. The molecule has 1 nitrogen and oxygen atoms in total. The minimum atomic E-state index is -1.32. The molecule has 0 aromatic heterocycles. The molecule has 0 amide bonds. The number of carbonyl (C=O) groups excluding carboxylic acids is 1. The lowest BCUT2D eigenvalue weighted by atomic mass is 10.0. The van der Waals surface area contributed by atoms with Crippen LogP contribution in [-0.2, 0) is 0 Å². The van der Waals surface area contributed by atoms with Crippen molar-refractivity contribution in [3.05, 3.63) is 59.8 Å². The third kappa shape index (κ3) is 2.96. The second-order valence-corrected chi connectivity index (χ2v) is 10.7. The summed E-state index contributed by atoms with van der Waals surface area (Å²) in [5.41, 5.74) is 2.89. The van der Waals surface area contributed by atoms with Crippen LogP contribution in [0.2, 0.25) is 19.6 Å². The summed E-state index contributed by atoms with van der Waals surface area (Å²) in [6, 6.07) is 13.9. The molecule has 0 saturated heterocycles. The number of carbonyl (C=O) groups is 1. The van der Waals surface area contributed by atoms with E-state index in [-0.39, 0.29) is 5.78 Å². The highest BCUT2D eigenvalue weighted by Crippen LogP contribution is 2.19. The summed E-state index contributed by atoms with van der Waals surface area (Å²) >= 11 is 0. The van der Waals surface area contributed by atoms with Crippen LogP contribution in [0.1, 0.15) is 10.4 Å². The van der Waals surface area contributed by atoms with Crippen molar-refractivity contribution in [2.24, 2.45) is 0 Å². The average Bonchev–Trinajstić information content (AvgIpc) is 2.34. The van der Waals surface area contributed by atoms with Crippen molar-refractivity contribution in [3.8, 4) is 0 Å². The van der Waals surface area contributed by atoms with Gasteiger partial charge in [0.1, 0.15) is 0 Å². The van der Waals surface area contributed by atoms with Gasteiger partial charge in [-0.3, -0.25) is 4.79 Å². The van der Waals surface area contributed by atoms with Gasteiger partial charge in [-0.25, -0.2) is 0 Å². The van der Waals surface area contributed by atoms with E-state index in [1.165, 1.54) is 0 Å². The molecule has 0 saturated carbocycles. The van der Waals surface area contributed by atoms with Crippen LogP contribution in [-0.4, -0.2) is 13.9 Å². The minimum absolute atomic E-state index is 0.106. The van der Waals surface area contributed by atoms with Crippen molar-refractivity contribution in [2.45, 2.75) is 19.6 Å². The summed E-state index contributed by atoms with van der Waals surface area (Å²) in [5.74, 6) is 0.106. The third-order valence-electron chi connectivity index (χ3n) is 2.79. The van der Waals surface area contributed by atoms with Gasteiger partial charge in [-0.15, -0.1) is 0 Å². The van der Waals surface area contributed by atoms with Crippen molar-refractivity contribution < 1.29 is 4.79 Å². The lowest BCUT2D eigenvalue weighted by Gasteiger charge is -2.08. The maximum absolute atomic E-state index is 12.2. The molecule has 0 radical (unpaired) electrons. The Morgan fingerprint density at radius 2 is 1.67 bits per heavy atom. The van der Waals surface area contributed by atoms with E-state index < -0.39 is 8.07 Å². The molecule has 0 aliphatic heterocycles. The summed E-state index contributed by atoms with van der Waals surface area (Å²) in [5, 5.41) is 2.15. The predicted molar refractivity (Wildman–Crippen MR) is 80.8 cm³/mol. The fourth-order valence-electron chi connectivity index (χ4n) is 1.86. The van der Waals surface area contributed by atoms with Gasteiger partial charge in [-0.1, -0.05) is 67.8 Å². The quantitative estimate of drug-likeness (QED) is 0.449. The Bertz CT molecular complexity index is 601. The number of hydrogen-bond acceptors (Lipinski definition) is 1. The van der Waals surface area contributed by atoms with E-state index in [9.17, 15) is 4.79 Å². The Hall–Kier alpha value is -1.67. The molecule has 0 aliphatic rings. The first-order valence-corrected chi connectivity index (χ1v) is 9.76. The molecular weight excluding hydrogens is 236 g/mol. The van der Waals surface area contributed by atoms with E-state index in [0.29, 0.717) is 0 Å². The molecule has 0 aliphatic carbocycles. The Kier molecular flexibility index (Phi) is 3.48. The van der Waals surface area contributed by atoms with Crippen LogP contribution in [0.4, 0.5) is 0 Å². The molecule has 2 rings (SSSR count). The highest BCUT2D eigenvalue weighted by molar-refractivity contribution is 6.81. The molecule has 92 valence electrons. The van der Waals surface area contributed by atoms with E-state index in [1.807, 2.05) is 42.5 Å². The minimum Gasteiger partial charge on any atom is -0.289 e. The summed E-state index contributed by atoms with van der Waals surface area (Å²) in [6.45, 7) is 6.67. The van der Waals surface area contributed by atoms with Crippen LogP contribution in [0.15, 0.2) is 54.2 Å². The zero-order valence-corrected chi connectivity index (χ0v) is 12.1. The molecule has 0 N–H and O–H groups in total. The van der Waals surface area contributed by atoms with Gasteiger partial charge in [0, 0.05) is 5.56 Å². The fourth-order valence-corrected chi connectivity index (χ4v) is 2.51. The molecule has 0 fully saturated rings. The number of allylic oxidation sites excluding steroid dienone is 1. The maximum Gasteiger partial charge on any atom is 0.185 e. The van der Waals surface area contributed by atoms with Crippen LogP contribution in [0.25, 0.3) is 10.8 Å². The van der Waals surface area contributed by atoms with E-state index in [1.54, 1.807) is 6.08 Å². The zero-order valence-electron chi connectivity index (χ0n) is 11.1. The second-order valence-electron chi connectivity index (χ2n) is 5.59. The van der Waals surface area contributed by atoms with Gasteiger partial charge in [0.05, 0.1) is 8.07 Å². The summed E-state index contributed by atoms with van der Waals surface area (Å²) in [7, 11) is -1.32. The van der Waals surface area contributed by atoms with E-state index >= 15 is 0 Å². The zero-order chi connectivity index (χ0) is 13.2. The Balaban J connectivity index is 2.43.